The third-order valence-electron chi connectivity index (χ3n) is 5.66. The van der Waals surface area contributed by atoms with Gasteiger partial charge in [0.25, 0.3) is 0 Å². The van der Waals surface area contributed by atoms with Crippen molar-refractivity contribution in [2.24, 2.45) is 0 Å². The zero-order valence-corrected chi connectivity index (χ0v) is 22.2. The largest absolute Gasteiger partial charge is 0.416 e. The Morgan fingerprint density at radius 3 is 2.19 bits per heavy atom. The van der Waals surface area contributed by atoms with Crippen molar-refractivity contribution in [1.82, 2.24) is 10.2 Å². The number of sulfonamides is 1. The van der Waals surface area contributed by atoms with Crippen LogP contribution in [-0.2, 0) is 32.3 Å². The number of benzene rings is 2. The van der Waals surface area contributed by atoms with Crippen LogP contribution in [0.15, 0.2) is 42.5 Å². The van der Waals surface area contributed by atoms with Gasteiger partial charge in [-0.15, -0.1) is 0 Å². The highest BCUT2D eigenvalue weighted by atomic mass is 35.5. The molecule has 0 unspecified atom stereocenters. The maximum atomic E-state index is 13.4. The highest BCUT2D eigenvalue weighted by Gasteiger charge is 2.34. The molecule has 0 fully saturated rings. The van der Waals surface area contributed by atoms with E-state index in [0.717, 1.165) is 29.4 Å². The van der Waals surface area contributed by atoms with Crippen LogP contribution >= 0.6 is 11.6 Å². The fourth-order valence-electron chi connectivity index (χ4n) is 3.31. The van der Waals surface area contributed by atoms with Gasteiger partial charge in [-0.2, -0.15) is 13.2 Å². The lowest BCUT2D eigenvalue weighted by Gasteiger charge is -2.32. The van der Waals surface area contributed by atoms with E-state index in [1.165, 1.54) is 19.1 Å². The second-order valence-electron chi connectivity index (χ2n) is 8.58. The van der Waals surface area contributed by atoms with E-state index in [1.807, 2.05) is 6.92 Å². The number of nitrogens with one attached hydrogen (secondary N) is 1. The third-order valence-corrected chi connectivity index (χ3v) is 7.10. The summed E-state index contributed by atoms with van der Waals surface area (Å²) in [4.78, 5) is 27.3. The summed E-state index contributed by atoms with van der Waals surface area (Å²) in [6.07, 6.45) is -3.45. The highest BCUT2D eigenvalue weighted by Crippen LogP contribution is 2.36. The van der Waals surface area contributed by atoms with Crippen LogP contribution in [-0.4, -0.2) is 50.0 Å². The molecule has 0 spiro atoms. The zero-order chi connectivity index (χ0) is 28.1. The molecule has 0 heterocycles. The number of halogens is 5. The monoisotopic (exact) mass is 565 g/mol. The van der Waals surface area contributed by atoms with Gasteiger partial charge < -0.3 is 10.2 Å². The lowest BCUT2D eigenvalue weighted by Crippen LogP contribution is -2.52. The van der Waals surface area contributed by atoms with Gasteiger partial charge in [-0.25, -0.2) is 12.8 Å². The van der Waals surface area contributed by atoms with Crippen molar-refractivity contribution in [2.45, 2.75) is 52.0 Å². The Labute approximate surface area is 218 Å². The SMILES string of the molecule is CC[C@H](C)NC(=O)[C@H](C)N(Cc1ccc(F)cc1)C(=O)CN(c1cc(C(F)(F)F)ccc1Cl)S(C)(=O)=O. The van der Waals surface area contributed by atoms with E-state index >= 15 is 0 Å². The van der Waals surface area contributed by atoms with E-state index in [-0.39, 0.29) is 17.6 Å². The third kappa shape index (κ3) is 8.32. The van der Waals surface area contributed by atoms with Crippen LogP contribution in [0.3, 0.4) is 0 Å². The normalized spacial score (nSPS) is 13.5. The number of anilines is 1. The van der Waals surface area contributed by atoms with Gasteiger partial charge >= 0.3 is 6.18 Å². The molecular formula is C24H28ClF4N3O4S. The number of rotatable bonds is 10. The molecule has 0 radical (unpaired) electrons. The van der Waals surface area contributed by atoms with Crippen molar-refractivity contribution in [3.8, 4) is 0 Å². The molecule has 2 aromatic rings. The van der Waals surface area contributed by atoms with Gasteiger partial charge in [-0.05, 0) is 56.2 Å². The molecule has 2 rings (SSSR count). The van der Waals surface area contributed by atoms with Crippen LogP contribution in [0, 0.1) is 5.82 Å². The molecule has 7 nitrogen and oxygen atoms in total. The zero-order valence-electron chi connectivity index (χ0n) is 20.6. The van der Waals surface area contributed by atoms with Gasteiger partial charge in [0.2, 0.25) is 21.8 Å². The fourth-order valence-corrected chi connectivity index (χ4v) is 4.43. The molecule has 0 aliphatic heterocycles. The second-order valence-corrected chi connectivity index (χ2v) is 10.9. The summed E-state index contributed by atoms with van der Waals surface area (Å²) in [5.41, 5.74) is -1.25. The first kappa shape index (κ1) is 30.4. The molecule has 0 aliphatic carbocycles. The number of amides is 2. The Hall–Kier alpha value is -2.86. The molecule has 0 bridgehead atoms. The van der Waals surface area contributed by atoms with Crippen molar-refractivity contribution < 1.29 is 35.6 Å². The first-order chi connectivity index (χ1) is 17.0. The summed E-state index contributed by atoms with van der Waals surface area (Å²) in [7, 11) is -4.29. The van der Waals surface area contributed by atoms with Crippen LogP contribution in [0.4, 0.5) is 23.2 Å². The number of hydrogen-bond donors (Lipinski definition) is 1. The molecule has 2 amide bonds. The Kier molecular flexibility index (Phi) is 9.95. The van der Waals surface area contributed by atoms with Gasteiger partial charge in [0, 0.05) is 12.6 Å². The minimum Gasteiger partial charge on any atom is -0.352 e. The molecule has 0 aliphatic rings. The highest BCUT2D eigenvalue weighted by molar-refractivity contribution is 7.92. The number of carbonyl (C=O) groups excluding carboxylic acids is 2. The molecule has 2 aromatic carbocycles. The fraction of sp³-hybridized carbons (Fsp3) is 0.417. The maximum Gasteiger partial charge on any atom is 0.416 e. The molecule has 204 valence electrons. The first-order valence-electron chi connectivity index (χ1n) is 11.2. The topological polar surface area (TPSA) is 86.8 Å². The van der Waals surface area contributed by atoms with Gasteiger partial charge in [0.05, 0.1) is 22.5 Å². The van der Waals surface area contributed by atoms with Crippen molar-refractivity contribution in [1.29, 1.82) is 0 Å². The first-order valence-corrected chi connectivity index (χ1v) is 13.5. The lowest BCUT2D eigenvalue weighted by molar-refractivity contribution is -0.139. The second kappa shape index (κ2) is 12.1. The molecule has 0 aromatic heterocycles. The Morgan fingerprint density at radius 2 is 1.68 bits per heavy atom. The summed E-state index contributed by atoms with van der Waals surface area (Å²) in [6, 6.07) is 5.93. The van der Waals surface area contributed by atoms with E-state index in [1.54, 1.807) is 6.92 Å². The Morgan fingerprint density at radius 1 is 1.08 bits per heavy atom. The molecule has 2 atom stereocenters. The average molecular weight is 566 g/mol. The van der Waals surface area contributed by atoms with Crippen LogP contribution in [0.25, 0.3) is 0 Å². The quantitative estimate of drug-likeness (QED) is 0.427. The van der Waals surface area contributed by atoms with Gasteiger partial charge in [-0.1, -0.05) is 30.7 Å². The van der Waals surface area contributed by atoms with Crippen molar-refractivity contribution in [2.75, 3.05) is 17.1 Å². The van der Waals surface area contributed by atoms with Crippen molar-refractivity contribution in [3.63, 3.8) is 0 Å². The Balaban J connectivity index is 2.49. The van der Waals surface area contributed by atoms with Crippen LogP contribution in [0.1, 0.15) is 38.3 Å². The van der Waals surface area contributed by atoms with E-state index in [9.17, 15) is 35.6 Å². The molecule has 1 N–H and O–H groups in total. The predicted molar refractivity (Wildman–Crippen MR) is 133 cm³/mol. The Bertz CT molecular complexity index is 1220. The smallest absolute Gasteiger partial charge is 0.352 e. The van der Waals surface area contributed by atoms with Gasteiger partial charge in [-0.3, -0.25) is 13.9 Å². The molecule has 37 heavy (non-hydrogen) atoms. The van der Waals surface area contributed by atoms with E-state index < -0.39 is 57.7 Å². The van der Waals surface area contributed by atoms with Crippen molar-refractivity contribution in [3.05, 3.63) is 64.4 Å². The van der Waals surface area contributed by atoms with Crippen LogP contribution in [0.2, 0.25) is 5.02 Å². The predicted octanol–water partition coefficient (Wildman–Crippen LogP) is 4.60. The van der Waals surface area contributed by atoms with Crippen LogP contribution < -0.4 is 9.62 Å². The van der Waals surface area contributed by atoms with Gasteiger partial charge in [0.1, 0.15) is 18.4 Å². The summed E-state index contributed by atoms with van der Waals surface area (Å²) in [5.74, 6) is -1.92. The summed E-state index contributed by atoms with van der Waals surface area (Å²) in [5, 5.41) is 2.42. The summed E-state index contributed by atoms with van der Waals surface area (Å²) < 4.78 is 78.9. The van der Waals surface area contributed by atoms with E-state index in [4.69, 9.17) is 11.6 Å². The average Bonchev–Trinajstić information content (AvgIpc) is 2.80. The van der Waals surface area contributed by atoms with E-state index in [2.05, 4.69) is 5.32 Å². The number of carbonyl (C=O) groups is 2. The minimum absolute atomic E-state index is 0.192. The lowest BCUT2D eigenvalue weighted by atomic mass is 10.1. The molecule has 13 heteroatoms. The van der Waals surface area contributed by atoms with E-state index in [0.29, 0.717) is 28.4 Å². The molecule has 0 saturated heterocycles. The van der Waals surface area contributed by atoms with Gasteiger partial charge in [0.15, 0.2) is 0 Å². The summed E-state index contributed by atoms with van der Waals surface area (Å²) >= 11 is 6.04. The summed E-state index contributed by atoms with van der Waals surface area (Å²) in [6.45, 7) is 3.92. The maximum absolute atomic E-state index is 13.4. The standard InChI is InChI=1S/C24H28ClF4N3O4S/c1-5-15(2)30-23(34)16(3)31(13-17-6-9-19(26)10-7-17)22(33)14-32(37(4,35)36)21-12-18(24(27,28)29)8-11-20(21)25/h6-12,15-16H,5,13-14H2,1-4H3,(H,30,34)/t15-,16-/m0/s1. The number of alkyl halides is 3. The molecule has 0 saturated carbocycles. The van der Waals surface area contributed by atoms with Crippen molar-refractivity contribution >= 4 is 39.1 Å². The van der Waals surface area contributed by atoms with Crippen LogP contribution in [0.5, 0.6) is 0 Å². The molecular weight excluding hydrogens is 538 g/mol. The minimum atomic E-state index is -4.79. The number of nitrogens with zero attached hydrogens (tertiary/aromatic N) is 2. The number of hydrogen-bond acceptors (Lipinski definition) is 4.